The van der Waals surface area contributed by atoms with E-state index in [0.717, 1.165) is 38.4 Å². The van der Waals surface area contributed by atoms with Crippen LogP contribution in [0.25, 0.3) is 0 Å². The Morgan fingerprint density at radius 2 is 1.82 bits per heavy atom. The Morgan fingerprint density at radius 1 is 1.09 bits per heavy atom. The molecule has 2 aliphatic heterocycles. The van der Waals surface area contributed by atoms with Crippen molar-refractivity contribution in [2.45, 2.75) is 31.3 Å². The summed E-state index contributed by atoms with van der Waals surface area (Å²) in [5, 5.41) is 22.2. The van der Waals surface area contributed by atoms with Gasteiger partial charge in [0.05, 0.1) is 15.9 Å². The fourth-order valence-corrected chi connectivity index (χ4v) is 3.63. The molecule has 2 atom stereocenters. The van der Waals surface area contributed by atoms with Crippen LogP contribution in [-0.2, 0) is 0 Å². The average Bonchev–Trinajstić information content (AvgIpc) is 2.77. The summed E-state index contributed by atoms with van der Waals surface area (Å²) in [7, 11) is 2.06. The monoisotopic (exact) mass is 306 g/mol. The quantitative estimate of drug-likeness (QED) is 0.627. The number of likely N-dealkylation sites (N-methyl/N-ethyl adjacent to an activating group) is 1. The highest BCUT2D eigenvalue weighted by atomic mass is 16.6. The number of hydrogen-bond donors (Lipinski definition) is 0. The van der Waals surface area contributed by atoms with Gasteiger partial charge in [-0.3, -0.25) is 20.2 Å². The van der Waals surface area contributed by atoms with E-state index in [1.165, 1.54) is 12.1 Å². The molecule has 2 heterocycles. The minimum absolute atomic E-state index is 0.171. The predicted molar refractivity (Wildman–Crippen MR) is 81.2 cm³/mol. The molecule has 2 fully saturated rings. The van der Waals surface area contributed by atoms with Crippen LogP contribution in [0.3, 0.4) is 0 Å². The van der Waals surface area contributed by atoms with E-state index < -0.39 is 9.85 Å². The summed E-state index contributed by atoms with van der Waals surface area (Å²) in [6, 6.07) is 4.47. The summed E-state index contributed by atoms with van der Waals surface area (Å²) in [4.78, 5) is 25.5. The third kappa shape index (κ3) is 2.50. The first-order chi connectivity index (χ1) is 10.5. The van der Waals surface area contributed by atoms with E-state index >= 15 is 0 Å². The first-order valence-electron chi connectivity index (χ1n) is 7.37. The zero-order chi connectivity index (χ0) is 15.9. The highest BCUT2D eigenvalue weighted by Gasteiger charge is 2.39. The van der Waals surface area contributed by atoms with Crippen LogP contribution in [0, 0.1) is 20.2 Å². The average molecular weight is 306 g/mol. The maximum atomic E-state index is 11.4. The molecule has 0 saturated carbocycles. The number of likely N-dealkylation sites (tertiary alicyclic amines) is 1. The lowest BCUT2D eigenvalue weighted by Crippen LogP contribution is -2.38. The van der Waals surface area contributed by atoms with Crippen LogP contribution in [-0.4, -0.2) is 47.0 Å². The molecule has 118 valence electrons. The van der Waals surface area contributed by atoms with Gasteiger partial charge in [-0.15, -0.1) is 0 Å². The summed E-state index contributed by atoms with van der Waals surface area (Å²) in [6.07, 6.45) is 2.98. The van der Waals surface area contributed by atoms with Crippen molar-refractivity contribution in [3.05, 3.63) is 38.4 Å². The second-order valence-corrected chi connectivity index (χ2v) is 6.03. The largest absolute Gasteiger partial charge is 0.359 e. The van der Waals surface area contributed by atoms with Crippen LogP contribution >= 0.6 is 0 Å². The van der Waals surface area contributed by atoms with Crippen molar-refractivity contribution < 1.29 is 9.85 Å². The van der Waals surface area contributed by atoms with E-state index in [2.05, 4.69) is 16.8 Å². The van der Waals surface area contributed by atoms with Gasteiger partial charge in [-0.25, -0.2) is 0 Å². The molecule has 0 radical (unpaired) electrons. The van der Waals surface area contributed by atoms with Gasteiger partial charge >= 0.3 is 0 Å². The Hall–Kier alpha value is -2.22. The Labute approximate surface area is 127 Å². The number of nitro groups is 2. The van der Waals surface area contributed by atoms with Crippen molar-refractivity contribution in [2.75, 3.05) is 25.0 Å². The molecule has 0 N–H and O–H groups in total. The van der Waals surface area contributed by atoms with Crippen molar-refractivity contribution in [1.29, 1.82) is 0 Å². The van der Waals surface area contributed by atoms with Crippen LogP contribution in [0.1, 0.15) is 19.3 Å². The van der Waals surface area contributed by atoms with Crippen molar-refractivity contribution in [3.8, 4) is 0 Å². The number of nitrogens with zero attached hydrogens (tertiary/aromatic N) is 4. The molecule has 2 aliphatic rings. The van der Waals surface area contributed by atoms with E-state index in [1.54, 1.807) is 0 Å². The van der Waals surface area contributed by atoms with Crippen LogP contribution in [0.4, 0.5) is 17.1 Å². The van der Waals surface area contributed by atoms with E-state index in [9.17, 15) is 20.2 Å². The van der Waals surface area contributed by atoms with Crippen LogP contribution in [0.2, 0.25) is 0 Å². The molecule has 0 aromatic heterocycles. The minimum Gasteiger partial charge on any atom is -0.359 e. The van der Waals surface area contributed by atoms with Crippen molar-refractivity contribution in [2.24, 2.45) is 0 Å². The summed E-state index contributed by atoms with van der Waals surface area (Å²) in [5.74, 6) is 0. The van der Waals surface area contributed by atoms with Gasteiger partial charge in [-0.2, -0.15) is 0 Å². The molecule has 0 unspecified atom stereocenters. The van der Waals surface area contributed by atoms with Crippen LogP contribution in [0.5, 0.6) is 0 Å². The van der Waals surface area contributed by atoms with Gasteiger partial charge in [-0.1, -0.05) is 0 Å². The summed E-state index contributed by atoms with van der Waals surface area (Å²) < 4.78 is 0. The van der Waals surface area contributed by atoms with E-state index in [4.69, 9.17) is 0 Å². The molecule has 0 spiro atoms. The molecule has 0 aliphatic carbocycles. The lowest BCUT2D eigenvalue weighted by Gasteiger charge is -2.30. The predicted octanol–water partition coefficient (Wildman–Crippen LogP) is 2.18. The van der Waals surface area contributed by atoms with Crippen molar-refractivity contribution >= 4 is 17.1 Å². The van der Waals surface area contributed by atoms with E-state index in [0.29, 0.717) is 5.69 Å². The van der Waals surface area contributed by atoms with Gasteiger partial charge in [0.2, 0.25) is 0 Å². The lowest BCUT2D eigenvalue weighted by atomic mass is 10.1. The first-order valence-corrected chi connectivity index (χ1v) is 7.37. The molecule has 8 nitrogen and oxygen atoms in total. The molecule has 1 aromatic carbocycles. The molecule has 2 saturated heterocycles. The Bertz CT molecular complexity index is 621. The summed E-state index contributed by atoms with van der Waals surface area (Å²) >= 11 is 0. The first kappa shape index (κ1) is 14.7. The van der Waals surface area contributed by atoms with Crippen LogP contribution < -0.4 is 4.90 Å². The third-order valence-electron chi connectivity index (χ3n) is 4.63. The van der Waals surface area contributed by atoms with Gasteiger partial charge in [0.1, 0.15) is 5.69 Å². The SMILES string of the molecule is CN1CC[C@@H]2CC[C@H](C1)N2c1ccc([N+](=O)[O-])cc1[N+](=O)[O-]. The summed E-state index contributed by atoms with van der Waals surface area (Å²) in [6.45, 7) is 1.84. The molecule has 1 aromatic rings. The minimum atomic E-state index is -0.596. The number of non-ortho nitro benzene ring substituents is 1. The highest BCUT2D eigenvalue weighted by molar-refractivity contribution is 5.68. The fourth-order valence-electron chi connectivity index (χ4n) is 3.63. The van der Waals surface area contributed by atoms with Gasteiger partial charge in [0, 0.05) is 24.7 Å². The normalized spacial score (nSPS) is 25.0. The molecular weight excluding hydrogens is 288 g/mol. The van der Waals surface area contributed by atoms with Gasteiger partial charge in [0.15, 0.2) is 0 Å². The maximum Gasteiger partial charge on any atom is 0.299 e. The Kier molecular flexibility index (Phi) is 3.69. The Balaban J connectivity index is 2.03. The second-order valence-electron chi connectivity index (χ2n) is 6.03. The molecule has 22 heavy (non-hydrogen) atoms. The zero-order valence-corrected chi connectivity index (χ0v) is 12.3. The van der Waals surface area contributed by atoms with Crippen molar-refractivity contribution in [3.63, 3.8) is 0 Å². The fraction of sp³-hybridized carbons (Fsp3) is 0.571. The molecule has 3 rings (SSSR count). The molecule has 0 amide bonds. The molecular formula is C14H18N4O4. The van der Waals surface area contributed by atoms with Crippen molar-refractivity contribution in [1.82, 2.24) is 4.90 Å². The number of benzene rings is 1. The van der Waals surface area contributed by atoms with Gasteiger partial charge < -0.3 is 9.80 Å². The lowest BCUT2D eigenvalue weighted by molar-refractivity contribution is -0.393. The maximum absolute atomic E-state index is 11.4. The number of nitro benzene ring substituents is 2. The molecule has 2 bridgehead atoms. The second kappa shape index (κ2) is 5.53. The van der Waals surface area contributed by atoms with Crippen LogP contribution in [0.15, 0.2) is 18.2 Å². The highest BCUT2D eigenvalue weighted by Crippen LogP contribution is 2.40. The van der Waals surface area contributed by atoms with E-state index in [1.807, 2.05) is 0 Å². The molecule has 8 heteroatoms. The standard InChI is InChI=1S/C14H18N4O4/c1-15-7-6-10-2-3-12(9-15)16(10)13-5-4-11(17(19)20)8-14(13)18(21)22/h4-5,8,10,12H,2-3,6-7,9H2,1H3/t10-,12+/m0/s1. The van der Waals surface area contributed by atoms with Gasteiger partial charge in [0.25, 0.3) is 11.4 Å². The zero-order valence-electron chi connectivity index (χ0n) is 12.3. The number of rotatable bonds is 3. The third-order valence-corrected chi connectivity index (χ3v) is 4.63. The Morgan fingerprint density at radius 3 is 2.50 bits per heavy atom. The summed E-state index contributed by atoms with van der Waals surface area (Å²) in [5.41, 5.74) is 0.101. The number of fused-ring (bicyclic) bond motifs is 2. The van der Waals surface area contributed by atoms with Gasteiger partial charge in [-0.05, 0) is 38.9 Å². The van der Waals surface area contributed by atoms with E-state index in [-0.39, 0.29) is 23.5 Å². The number of hydrogen-bond acceptors (Lipinski definition) is 6. The number of anilines is 1. The smallest absolute Gasteiger partial charge is 0.299 e. The topological polar surface area (TPSA) is 92.8 Å².